The fourth-order valence-corrected chi connectivity index (χ4v) is 9.82. The van der Waals surface area contributed by atoms with Crippen molar-refractivity contribution in [2.45, 2.75) is 25.7 Å². The number of rotatable bonds is 7. The van der Waals surface area contributed by atoms with Crippen LogP contribution in [0.1, 0.15) is 36.1 Å². The molecular weight excluding hydrogens is 711 g/mol. The maximum absolute atomic E-state index is 2.49. The predicted octanol–water partition coefficient (Wildman–Crippen LogP) is 15.7. The molecule has 0 aliphatic heterocycles. The first-order valence-corrected chi connectivity index (χ1v) is 20.7. The standard InChI is InChI=1S/C58H43N/c1-58(2)54-26-14-13-23-51(54)52-34-30-43(38-55(52)58)50-25-15-27-56(57(50)53-24-12-11-21-47(53)41-18-7-4-8-19-41)59(45-31-28-40(29-32-45)39-16-5-3-6-17-39)46-33-35-49-44(37-46)36-42-20-9-10-22-48(42)49/h3-35,37-38H,36H2,1-2H3. The van der Waals surface area contributed by atoms with Crippen molar-refractivity contribution in [1.29, 1.82) is 0 Å². The smallest absolute Gasteiger partial charge is 0.0546 e. The van der Waals surface area contributed by atoms with Crippen LogP contribution in [-0.2, 0) is 11.8 Å². The summed E-state index contributed by atoms with van der Waals surface area (Å²) in [5.41, 5.74) is 23.8. The topological polar surface area (TPSA) is 3.24 Å². The maximum atomic E-state index is 2.49. The molecule has 1 heteroatoms. The molecule has 0 saturated heterocycles. The maximum Gasteiger partial charge on any atom is 0.0546 e. The Morgan fingerprint density at radius 3 is 1.66 bits per heavy atom. The Labute approximate surface area is 347 Å². The van der Waals surface area contributed by atoms with Gasteiger partial charge in [-0.2, -0.15) is 0 Å². The number of nitrogens with zero attached hydrogens (tertiary/aromatic N) is 1. The van der Waals surface area contributed by atoms with E-state index in [9.17, 15) is 0 Å². The second-order valence-electron chi connectivity index (χ2n) is 16.5. The first kappa shape index (κ1) is 35.0. The summed E-state index contributed by atoms with van der Waals surface area (Å²) in [4.78, 5) is 2.49. The van der Waals surface area contributed by atoms with Gasteiger partial charge in [-0.1, -0.05) is 190 Å². The van der Waals surface area contributed by atoms with Crippen LogP contribution in [0, 0.1) is 0 Å². The van der Waals surface area contributed by atoms with Gasteiger partial charge in [0.1, 0.15) is 0 Å². The Balaban J connectivity index is 1.17. The van der Waals surface area contributed by atoms with E-state index in [0.717, 1.165) is 23.5 Å². The lowest BCUT2D eigenvalue weighted by Gasteiger charge is -2.30. The quantitative estimate of drug-likeness (QED) is 0.157. The molecule has 0 radical (unpaired) electrons. The van der Waals surface area contributed by atoms with Crippen LogP contribution in [0.5, 0.6) is 0 Å². The van der Waals surface area contributed by atoms with Crippen molar-refractivity contribution in [3.8, 4) is 66.8 Å². The molecule has 0 amide bonds. The van der Waals surface area contributed by atoms with E-state index in [2.05, 4.69) is 231 Å². The summed E-state index contributed by atoms with van der Waals surface area (Å²) >= 11 is 0. The largest absolute Gasteiger partial charge is 0.310 e. The van der Waals surface area contributed by atoms with Crippen LogP contribution >= 0.6 is 0 Å². The second-order valence-corrected chi connectivity index (χ2v) is 16.5. The number of anilines is 3. The molecule has 2 aliphatic rings. The molecule has 0 saturated carbocycles. The summed E-state index contributed by atoms with van der Waals surface area (Å²) in [7, 11) is 0. The molecule has 2 aliphatic carbocycles. The average Bonchev–Trinajstić information content (AvgIpc) is 3.78. The molecule has 0 heterocycles. The third kappa shape index (κ3) is 5.84. The molecule has 0 N–H and O–H groups in total. The van der Waals surface area contributed by atoms with Gasteiger partial charge >= 0.3 is 0 Å². The van der Waals surface area contributed by atoms with Crippen LogP contribution in [0.25, 0.3) is 66.8 Å². The highest BCUT2D eigenvalue weighted by atomic mass is 15.1. The monoisotopic (exact) mass is 753 g/mol. The SMILES string of the molecule is CC1(C)c2ccccc2-c2ccc(-c3cccc(N(c4ccc(-c5ccccc5)cc4)c4ccc5c(c4)Cc4ccccc4-5)c3-c3ccccc3-c3ccccc3)cc21. The Morgan fingerprint density at radius 1 is 0.339 bits per heavy atom. The second kappa shape index (κ2) is 14.0. The molecule has 0 spiro atoms. The fourth-order valence-electron chi connectivity index (χ4n) is 9.82. The summed E-state index contributed by atoms with van der Waals surface area (Å²) in [6.45, 7) is 4.74. The molecular formula is C58H43N. The van der Waals surface area contributed by atoms with Crippen LogP contribution < -0.4 is 4.90 Å². The van der Waals surface area contributed by atoms with Gasteiger partial charge in [0.05, 0.1) is 5.69 Å². The van der Waals surface area contributed by atoms with E-state index < -0.39 is 0 Å². The molecule has 0 aromatic heterocycles. The van der Waals surface area contributed by atoms with E-state index in [1.54, 1.807) is 0 Å². The van der Waals surface area contributed by atoms with Gasteiger partial charge in [-0.3, -0.25) is 0 Å². The van der Waals surface area contributed by atoms with Crippen molar-refractivity contribution in [3.05, 3.63) is 235 Å². The summed E-state index contributed by atoms with van der Waals surface area (Å²) in [5.74, 6) is 0. The Hall–Kier alpha value is -7.22. The normalized spacial score (nSPS) is 13.0. The zero-order valence-electron chi connectivity index (χ0n) is 33.4. The summed E-state index contributed by atoms with van der Waals surface area (Å²) in [6, 6.07) is 78.5. The minimum atomic E-state index is -0.115. The van der Waals surface area contributed by atoms with Crippen LogP contribution in [0.4, 0.5) is 17.1 Å². The van der Waals surface area contributed by atoms with E-state index in [1.165, 1.54) is 89.0 Å². The third-order valence-corrected chi connectivity index (χ3v) is 12.7. The Morgan fingerprint density at radius 2 is 0.881 bits per heavy atom. The lowest BCUT2D eigenvalue weighted by atomic mass is 9.81. The summed E-state index contributed by atoms with van der Waals surface area (Å²) in [6.07, 6.45) is 0.928. The predicted molar refractivity (Wildman–Crippen MR) is 249 cm³/mol. The molecule has 0 fully saturated rings. The molecule has 9 aromatic carbocycles. The van der Waals surface area contributed by atoms with Crippen LogP contribution in [0.15, 0.2) is 212 Å². The average molecular weight is 754 g/mol. The fraction of sp³-hybridized carbons (Fsp3) is 0.0690. The van der Waals surface area contributed by atoms with Crippen LogP contribution in [-0.4, -0.2) is 0 Å². The molecule has 59 heavy (non-hydrogen) atoms. The summed E-state index contributed by atoms with van der Waals surface area (Å²) < 4.78 is 0. The van der Waals surface area contributed by atoms with Crippen LogP contribution in [0.2, 0.25) is 0 Å². The van der Waals surface area contributed by atoms with Crippen molar-refractivity contribution in [2.24, 2.45) is 0 Å². The minimum Gasteiger partial charge on any atom is -0.310 e. The van der Waals surface area contributed by atoms with Crippen molar-refractivity contribution in [2.75, 3.05) is 4.90 Å². The van der Waals surface area contributed by atoms with Gasteiger partial charge in [0.2, 0.25) is 0 Å². The highest BCUT2D eigenvalue weighted by Crippen LogP contribution is 2.53. The van der Waals surface area contributed by atoms with E-state index in [1.807, 2.05) is 0 Å². The van der Waals surface area contributed by atoms with Crippen molar-refractivity contribution in [3.63, 3.8) is 0 Å². The lowest BCUT2D eigenvalue weighted by molar-refractivity contribution is 0.660. The Bertz CT molecular complexity index is 3030. The zero-order chi connectivity index (χ0) is 39.5. The van der Waals surface area contributed by atoms with Crippen molar-refractivity contribution in [1.82, 2.24) is 0 Å². The van der Waals surface area contributed by atoms with Gasteiger partial charge in [0, 0.05) is 22.4 Å². The highest BCUT2D eigenvalue weighted by Gasteiger charge is 2.35. The molecule has 9 aromatic rings. The minimum absolute atomic E-state index is 0.115. The molecule has 280 valence electrons. The summed E-state index contributed by atoms with van der Waals surface area (Å²) in [5, 5.41) is 0. The Kier molecular flexibility index (Phi) is 8.31. The van der Waals surface area contributed by atoms with Gasteiger partial charge in [-0.15, -0.1) is 0 Å². The zero-order valence-corrected chi connectivity index (χ0v) is 33.4. The number of benzene rings is 9. The van der Waals surface area contributed by atoms with E-state index in [-0.39, 0.29) is 5.41 Å². The van der Waals surface area contributed by atoms with Gasteiger partial charge in [0.15, 0.2) is 0 Å². The first-order valence-electron chi connectivity index (χ1n) is 20.7. The van der Waals surface area contributed by atoms with Gasteiger partial charge < -0.3 is 4.90 Å². The highest BCUT2D eigenvalue weighted by molar-refractivity contribution is 6.02. The van der Waals surface area contributed by atoms with Crippen LogP contribution in [0.3, 0.4) is 0 Å². The molecule has 0 bridgehead atoms. The molecule has 0 unspecified atom stereocenters. The molecule has 0 atom stereocenters. The molecule has 1 nitrogen and oxygen atoms in total. The van der Waals surface area contributed by atoms with Gasteiger partial charge in [-0.05, 0) is 126 Å². The lowest BCUT2D eigenvalue weighted by Crippen LogP contribution is -2.15. The number of fused-ring (bicyclic) bond motifs is 6. The number of hydrogen-bond acceptors (Lipinski definition) is 1. The first-order chi connectivity index (χ1) is 29.0. The van der Waals surface area contributed by atoms with E-state index in [4.69, 9.17) is 0 Å². The van der Waals surface area contributed by atoms with Crippen molar-refractivity contribution < 1.29 is 0 Å². The third-order valence-electron chi connectivity index (χ3n) is 12.7. The van der Waals surface area contributed by atoms with Gasteiger partial charge in [-0.25, -0.2) is 0 Å². The van der Waals surface area contributed by atoms with E-state index in [0.29, 0.717) is 0 Å². The van der Waals surface area contributed by atoms with Gasteiger partial charge in [0.25, 0.3) is 0 Å². The molecule has 11 rings (SSSR count). The van der Waals surface area contributed by atoms with E-state index >= 15 is 0 Å². The van der Waals surface area contributed by atoms with Crippen molar-refractivity contribution >= 4 is 17.1 Å². The number of hydrogen-bond donors (Lipinski definition) is 0.